The number of cyclic esters (lactones) is 1. The van der Waals surface area contributed by atoms with Gasteiger partial charge in [0.15, 0.2) is 0 Å². The number of urea groups is 1. The molecule has 0 radical (unpaired) electrons. The molecule has 1 aromatic rings. The highest BCUT2D eigenvalue weighted by atomic mass is 16.6. The number of anilines is 2. The second kappa shape index (κ2) is 6.68. The van der Waals surface area contributed by atoms with Gasteiger partial charge in [-0.15, -0.1) is 0 Å². The number of rotatable bonds is 3. The van der Waals surface area contributed by atoms with Crippen LogP contribution in [0.3, 0.4) is 0 Å². The Hall–Kier alpha value is -2.24. The third-order valence-electron chi connectivity index (χ3n) is 4.12. The molecule has 0 atom stereocenters. The summed E-state index contributed by atoms with van der Waals surface area (Å²) in [6.45, 7) is 0.940. The van der Waals surface area contributed by atoms with Crippen LogP contribution in [-0.4, -0.2) is 31.3 Å². The second-order valence-electron chi connectivity index (χ2n) is 5.75. The predicted molar refractivity (Wildman–Crippen MR) is 84.2 cm³/mol. The van der Waals surface area contributed by atoms with Crippen molar-refractivity contribution in [3.63, 3.8) is 0 Å². The number of carbonyl (C=O) groups excluding carboxylic acids is 2. The van der Waals surface area contributed by atoms with Crippen LogP contribution < -0.4 is 15.5 Å². The molecule has 6 nitrogen and oxygen atoms in total. The van der Waals surface area contributed by atoms with Gasteiger partial charge in [0.05, 0.1) is 6.54 Å². The maximum Gasteiger partial charge on any atom is 0.414 e. The summed E-state index contributed by atoms with van der Waals surface area (Å²) in [7, 11) is 0. The molecular weight excluding hydrogens is 282 g/mol. The number of carbonyl (C=O) groups is 2. The smallest absolute Gasteiger partial charge is 0.414 e. The van der Waals surface area contributed by atoms with Crippen LogP contribution in [0.4, 0.5) is 21.0 Å². The molecule has 3 amide bonds. The van der Waals surface area contributed by atoms with Crippen molar-refractivity contribution in [1.82, 2.24) is 5.32 Å². The zero-order valence-electron chi connectivity index (χ0n) is 12.5. The normalized spacial score (nSPS) is 18.9. The Balaban J connectivity index is 1.60. The van der Waals surface area contributed by atoms with Gasteiger partial charge >= 0.3 is 12.1 Å². The molecule has 3 rings (SSSR count). The SMILES string of the molecule is O=C(Nc1cccc(N2CCOC2=O)c1)NC1CCCCC1. The van der Waals surface area contributed by atoms with E-state index in [1.807, 2.05) is 18.2 Å². The van der Waals surface area contributed by atoms with E-state index in [1.54, 1.807) is 11.0 Å². The van der Waals surface area contributed by atoms with Gasteiger partial charge in [0, 0.05) is 17.4 Å². The molecule has 118 valence electrons. The minimum Gasteiger partial charge on any atom is -0.447 e. The van der Waals surface area contributed by atoms with E-state index in [4.69, 9.17) is 4.74 Å². The quantitative estimate of drug-likeness (QED) is 0.901. The topological polar surface area (TPSA) is 70.7 Å². The third-order valence-corrected chi connectivity index (χ3v) is 4.12. The zero-order chi connectivity index (χ0) is 15.4. The lowest BCUT2D eigenvalue weighted by molar-refractivity contribution is 0.181. The molecular formula is C16H21N3O3. The monoisotopic (exact) mass is 303 g/mol. The molecule has 2 aliphatic rings. The van der Waals surface area contributed by atoms with Crippen LogP contribution in [0, 0.1) is 0 Å². The number of hydrogen-bond acceptors (Lipinski definition) is 3. The van der Waals surface area contributed by atoms with Gasteiger partial charge in [-0.05, 0) is 31.0 Å². The molecule has 1 heterocycles. The molecule has 2 N–H and O–H groups in total. The van der Waals surface area contributed by atoms with Crippen LogP contribution in [-0.2, 0) is 4.74 Å². The molecule has 1 aromatic carbocycles. The van der Waals surface area contributed by atoms with Crippen LogP contribution in [0.1, 0.15) is 32.1 Å². The highest BCUT2D eigenvalue weighted by Gasteiger charge is 2.23. The summed E-state index contributed by atoms with van der Waals surface area (Å²) in [5, 5.41) is 5.85. The molecule has 6 heteroatoms. The van der Waals surface area contributed by atoms with Crippen molar-refractivity contribution in [3.8, 4) is 0 Å². The fraction of sp³-hybridized carbons (Fsp3) is 0.500. The molecule has 1 saturated carbocycles. The van der Waals surface area contributed by atoms with Crippen molar-refractivity contribution in [2.24, 2.45) is 0 Å². The van der Waals surface area contributed by atoms with E-state index in [2.05, 4.69) is 10.6 Å². The summed E-state index contributed by atoms with van der Waals surface area (Å²) in [6, 6.07) is 7.32. The molecule has 0 spiro atoms. The summed E-state index contributed by atoms with van der Waals surface area (Å²) >= 11 is 0. The van der Waals surface area contributed by atoms with Crippen LogP contribution in [0.2, 0.25) is 0 Å². The predicted octanol–water partition coefficient (Wildman–Crippen LogP) is 3.10. The number of amides is 3. The lowest BCUT2D eigenvalue weighted by atomic mass is 9.96. The first kappa shape index (κ1) is 14.7. The fourth-order valence-electron chi connectivity index (χ4n) is 2.98. The summed E-state index contributed by atoms with van der Waals surface area (Å²) in [5.74, 6) is 0. The first-order chi connectivity index (χ1) is 10.7. The van der Waals surface area contributed by atoms with E-state index < -0.39 is 0 Å². The van der Waals surface area contributed by atoms with Crippen molar-refractivity contribution >= 4 is 23.5 Å². The first-order valence-corrected chi connectivity index (χ1v) is 7.84. The summed E-state index contributed by atoms with van der Waals surface area (Å²) in [6.07, 6.45) is 5.37. The Labute approximate surface area is 129 Å². The van der Waals surface area contributed by atoms with Gasteiger partial charge in [-0.1, -0.05) is 25.3 Å². The van der Waals surface area contributed by atoms with Gasteiger partial charge < -0.3 is 15.4 Å². The lowest BCUT2D eigenvalue weighted by Crippen LogP contribution is -2.39. The van der Waals surface area contributed by atoms with Crippen LogP contribution in [0.25, 0.3) is 0 Å². The molecule has 0 bridgehead atoms. The zero-order valence-corrected chi connectivity index (χ0v) is 12.5. The first-order valence-electron chi connectivity index (χ1n) is 7.84. The Kier molecular flexibility index (Phi) is 4.46. The largest absolute Gasteiger partial charge is 0.447 e. The van der Waals surface area contributed by atoms with Gasteiger partial charge in [-0.25, -0.2) is 9.59 Å². The van der Waals surface area contributed by atoms with E-state index in [-0.39, 0.29) is 18.2 Å². The minimum atomic E-state index is -0.344. The number of nitrogens with one attached hydrogen (secondary N) is 2. The Morgan fingerprint density at radius 2 is 2.05 bits per heavy atom. The van der Waals surface area contributed by atoms with E-state index in [0.717, 1.165) is 18.5 Å². The van der Waals surface area contributed by atoms with Gasteiger partial charge in [-0.3, -0.25) is 4.90 Å². The van der Waals surface area contributed by atoms with Crippen molar-refractivity contribution in [1.29, 1.82) is 0 Å². The van der Waals surface area contributed by atoms with Crippen LogP contribution in [0.5, 0.6) is 0 Å². The molecule has 1 aliphatic heterocycles. The highest BCUT2D eigenvalue weighted by molar-refractivity contribution is 5.93. The molecule has 2 fully saturated rings. The third kappa shape index (κ3) is 3.50. The average molecular weight is 303 g/mol. The van der Waals surface area contributed by atoms with Gasteiger partial charge in [0.1, 0.15) is 6.61 Å². The highest BCUT2D eigenvalue weighted by Crippen LogP contribution is 2.22. The van der Waals surface area contributed by atoms with Gasteiger partial charge in [0.2, 0.25) is 0 Å². The van der Waals surface area contributed by atoms with E-state index in [0.29, 0.717) is 18.8 Å². The van der Waals surface area contributed by atoms with Crippen LogP contribution in [0.15, 0.2) is 24.3 Å². The van der Waals surface area contributed by atoms with Gasteiger partial charge in [-0.2, -0.15) is 0 Å². The van der Waals surface area contributed by atoms with Crippen molar-refractivity contribution < 1.29 is 14.3 Å². The molecule has 1 saturated heterocycles. The van der Waals surface area contributed by atoms with Crippen molar-refractivity contribution in [3.05, 3.63) is 24.3 Å². The van der Waals surface area contributed by atoms with E-state index in [1.165, 1.54) is 19.3 Å². The average Bonchev–Trinajstić information content (AvgIpc) is 2.94. The number of benzene rings is 1. The number of nitrogens with zero attached hydrogens (tertiary/aromatic N) is 1. The standard InChI is InChI=1S/C16H21N3O3/c20-15(17-12-5-2-1-3-6-12)18-13-7-4-8-14(11-13)19-9-10-22-16(19)21/h4,7-8,11-12H,1-3,5-6,9-10H2,(H2,17,18,20). The number of ether oxygens (including phenoxy) is 1. The van der Waals surface area contributed by atoms with Gasteiger partial charge in [0.25, 0.3) is 0 Å². The van der Waals surface area contributed by atoms with Crippen molar-refractivity contribution in [2.75, 3.05) is 23.4 Å². The lowest BCUT2D eigenvalue weighted by Gasteiger charge is -2.23. The second-order valence-corrected chi connectivity index (χ2v) is 5.75. The molecule has 0 unspecified atom stereocenters. The fourth-order valence-corrected chi connectivity index (χ4v) is 2.98. The molecule has 0 aromatic heterocycles. The molecule has 1 aliphatic carbocycles. The Morgan fingerprint density at radius 1 is 1.23 bits per heavy atom. The van der Waals surface area contributed by atoms with Crippen molar-refractivity contribution in [2.45, 2.75) is 38.1 Å². The maximum absolute atomic E-state index is 12.1. The molecule has 22 heavy (non-hydrogen) atoms. The minimum absolute atomic E-state index is 0.187. The van der Waals surface area contributed by atoms with E-state index in [9.17, 15) is 9.59 Å². The number of hydrogen-bond donors (Lipinski definition) is 2. The van der Waals surface area contributed by atoms with E-state index >= 15 is 0 Å². The summed E-state index contributed by atoms with van der Waals surface area (Å²) < 4.78 is 4.93. The Bertz CT molecular complexity index is 555. The van der Waals surface area contributed by atoms with Crippen LogP contribution >= 0.6 is 0 Å². The maximum atomic E-state index is 12.1. The Morgan fingerprint density at radius 3 is 2.77 bits per heavy atom. The summed E-state index contributed by atoms with van der Waals surface area (Å²) in [5.41, 5.74) is 1.41. The summed E-state index contributed by atoms with van der Waals surface area (Å²) in [4.78, 5) is 25.2.